The average Bonchev–Trinajstić information content (AvgIpc) is 2.64. The highest BCUT2D eigenvalue weighted by Gasteiger charge is 2.17. The van der Waals surface area contributed by atoms with Crippen LogP contribution in [0.1, 0.15) is 29.8 Å². The summed E-state index contributed by atoms with van der Waals surface area (Å²) in [6, 6.07) is 0. The zero-order valence-electron chi connectivity index (χ0n) is 9.36. The molecule has 0 bridgehead atoms. The smallest absolute Gasteiger partial charge is 0.293 e. The molecule has 0 aliphatic rings. The maximum Gasteiger partial charge on any atom is 0.293 e. The molecule has 3 N–H and O–H groups in total. The van der Waals surface area contributed by atoms with E-state index >= 15 is 0 Å². The fraction of sp³-hybridized carbons (Fsp3) is 0.556. The lowest BCUT2D eigenvalue weighted by molar-refractivity contribution is -0.118. The van der Waals surface area contributed by atoms with Gasteiger partial charge in [-0.05, 0) is 6.42 Å². The van der Waals surface area contributed by atoms with Crippen LogP contribution >= 0.6 is 0 Å². The van der Waals surface area contributed by atoms with Gasteiger partial charge in [0, 0.05) is 13.5 Å². The number of likely N-dealkylation sites (N-methyl/N-ethyl adjacent to an activating group) is 1. The van der Waals surface area contributed by atoms with Crippen molar-refractivity contribution in [3.05, 3.63) is 11.6 Å². The number of hydrogen-bond acceptors (Lipinski definition) is 4. The van der Waals surface area contributed by atoms with Crippen LogP contribution in [0.25, 0.3) is 0 Å². The number of hydrogen-bond donors (Lipinski definition) is 2. The molecular formula is C9H15N5O2. The van der Waals surface area contributed by atoms with Crippen molar-refractivity contribution in [3.63, 3.8) is 0 Å². The summed E-state index contributed by atoms with van der Waals surface area (Å²) < 4.78 is 0. The van der Waals surface area contributed by atoms with Crippen molar-refractivity contribution in [2.24, 2.45) is 5.73 Å². The van der Waals surface area contributed by atoms with Crippen molar-refractivity contribution in [1.82, 2.24) is 20.1 Å². The van der Waals surface area contributed by atoms with Crippen molar-refractivity contribution >= 4 is 11.8 Å². The number of H-pyrrole nitrogens is 1. The van der Waals surface area contributed by atoms with Crippen LogP contribution in [0.3, 0.4) is 0 Å². The first-order chi connectivity index (χ1) is 7.54. The quantitative estimate of drug-likeness (QED) is 0.692. The van der Waals surface area contributed by atoms with E-state index in [1.165, 1.54) is 11.9 Å². The number of primary amides is 1. The third-order valence-corrected chi connectivity index (χ3v) is 1.95. The summed E-state index contributed by atoms with van der Waals surface area (Å²) in [5.41, 5.74) is 4.98. The van der Waals surface area contributed by atoms with Crippen LogP contribution in [0.15, 0.2) is 0 Å². The molecule has 0 saturated heterocycles. The average molecular weight is 225 g/mol. The number of carbonyl (C=O) groups is 2. The van der Waals surface area contributed by atoms with Gasteiger partial charge in [0.15, 0.2) is 0 Å². The first kappa shape index (κ1) is 12.2. The van der Waals surface area contributed by atoms with Gasteiger partial charge in [0.05, 0.1) is 6.54 Å². The molecule has 1 rings (SSSR count). The molecule has 0 fully saturated rings. The van der Waals surface area contributed by atoms with Gasteiger partial charge in [-0.2, -0.15) is 0 Å². The topological polar surface area (TPSA) is 105 Å². The van der Waals surface area contributed by atoms with Gasteiger partial charge in [-0.3, -0.25) is 14.7 Å². The predicted octanol–water partition coefficient (Wildman–Crippen LogP) is -0.685. The molecule has 0 atom stereocenters. The molecule has 0 aromatic carbocycles. The van der Waals surface area contributed by atoms with Crippen LogP contribution in [0.4, 0.5) is 0 Å². The Morgan fingerprint density at radius 3 is 2.75 bits per heavy atom. The highest BCUT2D eigenvalue weighted by Crippen LogP contribution is 1.99. The molecule has 0 aliphatic carbocycles. The monoisotopic (exact) mass is 225 g/mol. The maximum absolute atomic E-state index is 11.7. The molecule has 0 spiro atoms. The molecule has 1 aromatic heterocycles. The molecule has 88 valence electrons. The largest absolute Gasteiger partial charge is 0.368 e. The Bertz CT molecular complexity index is 387. The SMILES string of the molecule is CCCc1nc(C(=O)N(C)CC(N)=O)n[nH]1. The van der Waals surface area contributed by atoms with E-state index in [-0.39, 0.29) is 12.4 Å². The Morgan fingerprint density at radius 1 is 1.50 bits per heavy atom. The Hall–Kier alpha value is -1.92. The summed E-state index contributed by atoms with van der Waals surface area (Å²) in [6.07, 6.45) is 1.65. The fourth-order valence-electron chi connectivity index (χ4n) is 1.22. The van der Waals surface area contributed by atoms with Crippen LogP contribution in [0.5, 0.6) is 0 Å². The third kappa shape index (κ3) is 3.04. The Balaban J connectivity index is 2.68. The molecule has 1 heterocycles. The van der Waals surface area contributed by atoms with Crippen LogP contribution in [0, 0.1) is 0 Å². The third-order valence-electron chi connectivity index (χ3n) is 1.95. The van der Waals surface area contributed by atoms with Gasteiger partial charge in [0.1, 0.15) is 5.82 Å². The normalized spacial score (nSPS) is 10.1. The number of carbonyl (C=O) groups excluding carboxylic acids is 2. The van der Waals surface area contributed by atoms with E-state index in [2.05, 4.69) is 15.2 Å². The van der Waals surface area contributed by atoms with Gasteiger partial charge < -0.3 is 10.6 Å². The summed E-state index contributed by atoms with van der Waals surface area (Å²) >= 11 is 0. The molecule has 0 saturated carbocycles. The lowest BCUT2D eigenvalue weighted by atomic mass is 10.3. The van der Waals surface area contributed by atoms with Crippen molar-refractivity contribution in [2.75, 3.05) is 13.6 Å². The molecular weight excluding hydrogens is 210 g/mol. The van der Waals surface area contributed by atoms with Crippen molar-refractivity contribution in [1.29, 1.82) is 0 Å². The molecule has 0 radical (unpaired) electrons. The summed E-state index contributed by atoms with van der Waals surface area (Å²) in [7, 11) is 1.48. The second-order valence-electron chi connectivity index (χ2n) is 3.48. The zero-order valence-corrected chi connectivity index (χ0v) is 9.36. The summed E-state index contributed by atoms with van der Waals surface area (Å²) in [4.78, 5) is 27.5. The number of nitrogens with zero attached hydrogens (tertiary/aromatic N) is 3. The molecule has 1 aromatic rings. The highest BCUT2D eigenvalue weighted by atomic mass is 16.2. The van der Waals surface area contributed by atoms with Gasteiger partial charge in [0.25, 0.3) is 5.91 Å². The second kappa shape index (κ2) is 5.24. The summed E-state index contributed by atoms with van der Waals surface area (Å²) in [6.45, 7) is 1.86. The first-order valence-electron chi connectivity index (χ1n) is 4.99. The van der Waals surface area contributed by atoms with E-state index in [1.807, 2.05) is 6.92 Å². The van der Waals surface area contributed by atoms with Gasteiger partial charge in [-0.25, -0.2) is 4.98 Å². The number of aromatic amines is 1. The summed E-state index contributed by atoms with van der Waals surface area (Å²) in [5.74, 6) is -0.261. The number of nitrogens with two attached hydrogens (primary N) is 1. The van der Waals surface area contributed by atoms with Crippen LogP contribution in [-0.4, -0.2) is 45.5 Å². The zero-order chi connectivity index (χ0) is 12.1. The van der Waals surface area contributed by atoms with Crippen LogP contribution in [-0.2, 0) is 11.2 Å². The number of aryl methyl sites for hydroxylation is 1. The molecule has 7 nitrogen and oxygen atoms in total. The van der Waals surface area contributed by atoms with Crippen molar-refractivity contribution in [3.8, 4) is 0 Å². The lowest BCUT2D eigenvalue weighted by Crippen LogP contribution is -2.35. The van der Waals surface area contributed by atoms with Crippen molar-refractivity contribution in [2.45, 2.75) is 19.8 Å². The number of rotatable bonds is 5. The second-order valence-corrected chi connectivity index (χ2v) is 3.48. The standard InChI is InChI=1S/C9H15N5O2/c1-3-4-7-11-8(13-12-7)9(16)14(2)5-6(10)15/h3-5H2,1-2H3,(H2,10,15)(H,11,12,13). The van der Waals surface area contributed by atoms with Gasteiger partial charge in [0.2, 0.25) is 11.7 Å². The number of amides is 2. The molecule has 0 aliphatic heterocycles. The van der Waals surface area contributed by atoms with E-state index < -0.39 is 11.8 Å². The Labute approximate surface area is 93.0 Å². The minimum Gasteiger partial charge on any atom is -0.368 e. The van der Waals surface area contributed by atoms with Gasteiger partial charge in [-0.1, -0.05) is 6.92 Å². The van der Waals surface area contributed by atoms with Crippen molar-refractivity contribution < 1.29 is 9.59 Å². The van der Waals surface area contributed by atoms with Gasteiger partial charge >= 0.3 is 0 Å². The fourth-order valence-corrected chi connectivity index (χ4v) is 1.22. The van der Waals surface area contributed by atoms with Crippen LogP contribution < -0.4 is 5.73 Å². The first-order valence-corrected chi connectivity index (χ1v) is 4.99. The minimum atomic E-state index is -0.569. The van der Waals surface area contributed by atoms with Crippen LogP contribution in [0.2, 0.25) is 0 Å². The predicted molar refractivity (Wildman–Crippen MR) is 56.5 cm³/mol. The Kier molecular flexibility index (Phi) is 3.98. The number of nitrogens with one attached hydrogen (secondary N) is 1. The summed E-state index contributed by atoms with van der Waals surface area (Å²) in [5, 5.41) is 6.45. The van der Waals surface area contributed by atoms with E-state index in [0.29, 0.717) is 5.82 Å². The number of aromatic nitrogens is 3. The minimum absolute atomic E-state index is 0.0622. The highest BCUT2D eigenvalue weighted by molar-refractivity contribution is 5.92. The molecule has 16 heavy (non-hydrogen) atoms. The molecule has 0 unspecified atom stereocenters. The maximum atomic E-state index is 11.7. The van der Waals surface area contributed by atoms with Gasteiger partial charge in [-0.15, -0.1) is 5.10 Å². The van der Waals surface area contributed by atoms with E-state index in [1.54, 1.807) is 0 Å². The lowest BCUT2D eigenvalue weighted by Gasteiger charge is -2.11. The molecule has 7 heteroatoms. The van der Waals surface area contributed by atoms with E-state index in [0.717, 1.165) is 12.8 Å². The Morgan fingerprint density at radius 2 is 2.19 bits per heavy atom. The van der Waals surface area contributed by atoms with E-state index in [4.69, 9.17) is 5.73 Å². The van der Waals surface area contributed by atoms with E-state index in [9.17, 15) is 9.59 Å². The molecule has 2 amide bonds.